The van der Waals surface area contributed by atoms with Crippen molar-refractivity contribution in [2.75, 3.05) is 6.54 Å². The summed E-state index contributed by atoms with van der Waals surface area (Å²) in [5.74, 6) is 0. The first-order valence-electron chi connectivity index (χ1n) is 5.73. The summed E-state index contributed by atoms with van der Waals surface area (Å²) in [6.07, 6.45) is 2.81. The van der Waals surface area contributed by atoms with E-state index in [1.165, 1.54) is 17.5 Å². The molecule has 0 saturated heterocycles. The van der Waals surface area contributed by atoms with Crippen molar-refractivity contribution in [3.8, 4) is 0 Å². The van der Waals surface area contributed by atoms with Crippen molar-refractivity contribution < 1.29 is 8.78 Å². The van der Waals surface area contributed by atoms with Gasteiger partial charge in [-0.2, -0.15) is 5.10 Å². The van der Waals surface area contributed by atoms with Crippen molar-refractivity contribution in [2.45, 2.75) is 45.7 Å². The molecule has 1 heterocycles. The van der Waals surface area contributed by atoms with Crippen molar-refractivity contribution in [1.29, 1.82) is 0 Å². The van der Waals surface area contributed by atoms with Crippen LogP contribution >= 0.6 is 0 Å². The van der Waals surface area contributed by atoms with E-state index in [4.69, 9.17) is 0 Å². The number of nitrogens with one attached hydrogen (secondary N) is 1. The van der Waals surface area contributed by atoms with Crippen LogP contribution in [0.15, 0.2) is 12.3 Å². The van der Waals surface area contributed by atoms with E-state index in [9.17, 15) is 8.78 Å². The van der Waals surface area contributed by atoms with Gasteiger partial charge < -0.3 is 5.32 Å². The average Bonchev–Trinajstić information content (AvgIpc) is 2.64. The zero-order valence-electron chi connectivity index (χ0n) is 9.63. The van der Waals surface area contributed by atoms with E-state index in [-0.39, 0.29) is 6.54 Å². The van der Waals surface area contributed by atoms with Gasteiger partial charge in [0.05, 0.1) is 5.69 Å². The monoisotopic (exact) mass is 231 g/mol. The molecule has 1 aromatic heterocycles. The predicted molar refractivity (Wildman–Crippen MR) is 59.5 cm³/mol. The highest BCUT2D eigenvalue weighted by molar-refractivity contribution is 4.98. The SMILES string of the molecule is CCCCCNCc1ccn(CC(F)F)n1. The summed E-state index contributed by atoms with van der Waals surface area (Å²) >= 11 is 0. The lowest BCUT2D eigenvalue weighted by Crippen LogP contribution is -2.15. The number of rotatable bonds is 8. The summed E-state index contributed by atoms with van der Waals surface area (Å²) in [4.78, 5) is 0. The van der Waals surface area contributed by atoms with Crippen LogP contribution in [0.5, 0.6) is 0 Å². The topological polar surface area (TPSA) is 29.9 Å². The molecule has 0 spiro atoms. The molecule has 0 atom stereocenters. The Labute approximate surface area is 94.8 Å². The molecule has 92 valence electrons. The van der Waals surface area contributed by atoms with Crippen LogP contribution in [0.4, 0.5) is 8.78 Å². The minimum absolute atomic E-state index is 0.324. The number of aromatic nitrogens is 2. The molecule has 0 aliphatic carbocycles. The fourth-order valence-corrected chi connectivity index (χ4v) is 1.46. The van der Waals surface area contributed by atoms with Crippen LogP contribution in [0.25, 0.3) is 0 Å². The van der Waals surface area contributed by atoms with E-state index in [1.54, 1.807) is 12.3 Å². The minimum atomic E-state index is -2.34. The molecule has 0 amide bonds. The fourth-order valence-electron chi connectivity index (χ4n) is 1.46. The molecule has 0 fully saturated rings. The first-order chi connectivity index (χ1) is 7.72. The predicted octanol–water partition coefficient (Wildman–Crippen LogP) is 2.43. The maximum absolute atomic E-state index is 12.0. The Bertz CT molecular complexity index is 287. The van der Waals surface area contributed by atoms with Crippen LogP contribution < -0.4 is 5.32 Å². The lowest BCUT2D eigenvalue weighted by molar-refractivity contribution is 0.121. The summed E-state index contributed by atoms with van der Waals surface area (Å²) in [7, 11) is 0. The zero-order valence-corrected chi connectivity index (χ0v) is 9.63. The van der Waals surface area contributed by atoms with Gasteiger partial charge in [0, 0.05) is 12.7 Å². The fraction of sp³-hybridized carbons (Fsp3) is 0.727. The van der Waals surface area contributed by atoms with Gasteiger partial charge in [-0.15, -0.1) is 0 Å². The lowest BCUT2D eigenvalue weighted by Gasteiger charge is -2.02. The Morgan fingerprint density at radius 3 is 2.94 bits per heavy atom. The third-order valence-corrected chi connectivity index (χ3v) is 2.28. The normalized spacial score (nSPS) is 11.2. The van der Waals surface area contributed by atoms with Crippen LogP contribution in [-0.2, 0) is 13.1 Å². The molecule has 0 saturated carbocycles. The van der Waals surface area contributed by atoms with Crippen molar-refractivity contribution in [3.05, 3.63) is 18.0 Å². The second-order valence-corrected chi connectivity index (χ2v) is 3.80. The molecule has 0 radical (unpaired) electrons. The summed E-state index contributed by atoms with van der Waals surface area (Å²) in [6, 6.07) is 1.77. The minimum Gasteiger partial charge on any atom is -0.311 e. The highest BCUT2D eigenvalue weighted by Gasteiger charge is 2.05. The molecule has 5 heteroatoms. The smallest absolute Gasteiger partial charge is 0.257 e. The van der Waals surface area contributed by atoms with E-state index < -0.39 is 6.43 Å². The largest absolute Gasteiger partial charge is 0.311 e. The van der Waals surface area contributed by atoms with Gasteiger partial charge >= 0.3 is 0 Å². The lowest BCUT2D eigenvalue weighted by atomic mass is 10.2. The van der Waals surface area contributed by atoms with Gasteiger partial charge in [0.15, 0.2) is 0 Å². The van der Waals surface area contributed by atoms with Crippen LogP contribution in [0.2, 0.25) is 0 Å². The molecule has 3 nitrogen and oxygen atoms in total. The third-order valence-electron chi connectivity index (χ3n) is 2.28. The number of hydrogen-bond acceptors (Lipinski definition) is 2. The maximum atomic E-state index is 12.0. The highest BCUT2D eigenvalue weighted by atomic mass is 19.3. The van der Waals surface area contributed by atoms with E-state index in [0.29, 0.717) is 6.54 Å². The Morgan fingerprint density at radius 1 is 1.44 bits per heavy atom. The van der Waals surface area contributed by atoms with Crippen molar-refractivity contribution >= 4 is 0 Å². The summed E-state index contributed by atoms with van der Waals surface area (Å²) in [5, 5.41) is 7.28. The average molecular weight is 231 g/mol. The van der Waals surface area contributed by atoms with Crippen LogP contribution in [0, 0.1) is 0 Å². The molecule has 16 heavy (non-hydrogen) atoms. The molecule has 0 bridgehead atoms. The van der Waals surface area contributed by atoms with Crippen LogP contribution in [-0.4, -0.2) is 22.8 Å². The number of alkyl halides is 2. The molecule has 0 aromatic carbocycles. The first-order valence-corrected chi connectivity index (χ1v) is 5.73. The van der Waals surface area contributed by atoms with Gasteiger partial charge in [-0.25, -0.2) is 8.78 Å². The third kappa shape index (κ3) is 5.21. The second kappa shape index (κ2) is 7.33. The van der Waals surface area contributed by atoms with Crippen LogP contribution in [0.3, 0.4) is 0 Å². The molecule has 1 N–H and O–H groups in total. The number of nitrogens with zero attached hydrogens (tertiary/aromatic N) is 2. The molecular weight excluding hydrogens is 212 g/mol. The van der Waals surface area contributed by atoms with Gasteiger partial charge in [-0.3, -0.25) is 4.68 Å². The Balaban J connectivity index is 2.19. The highest BCUT2D eigenvalue weighted by Crippen LogP contribution is 2.00. The zero-order chi connectivity index (χ0) is 11.8. The number of unbranched alkanes of at least 4 members (excludes halogenated alkanes) is 2. The molecular formula is C11H19F2N3. The Morgan fingerprint density at radius 2 is 2.25 bits per heavy atom. The van der Waals surface area contributed by atoms with Crippen molar-refractivity contribution in [2.24, 2.45) is 0 Å². The van der Waals surface area contributed by atoms with Gasteiger partial charge in [-0.1, -0.05) is 19.8 Å². The first kappa shape index (κ1) is 13.1. The van der Waals surface area contributed by atoms with E-state index >= 15 is 0 Å². The quantitative estimate of drug-likeness (QED) is 0.696. The summed E-state index contributed by atoms with van der Waals surface area (Å²) in [6.45, 7) is 3.44. The van der Waals surface area contributed by atoms with Gasteiger partial charge in [-0.05, 0) is 19.0 Å². The molecule has 1 aromatic rings. The Kier molecular flexibility index (Phi) is 6.00. The second-order valence-electron chi connectivity index (χ2n) is 3.80. The maximum Gasteiger partial charge on any atom is 0.257 e. The molecule has 0 aliphatic rings. The summed E-state index contributed by atoms with van der Waals surface area (Å²) < 4.78 is 25.4. The molecule has 0 aliphatic heterocycles. The van der Waals surface area contributed by atoms with Crippen LogP contribution in [0.1, 0.15) is 31.9 Å². The van der Waals surface area contributed by atoms with E-state index in [1.807, 2.05) is 0 Å². The van der Waals surface area contributed by atoms with Crippen molar-refractivity contribution in [1.82, 2.24) is 15.1 Å². The summed E-state index contributed by atoms with van der Waals surface area (Å²) in [5.41, 5.74) is 0.817. The Hall–Kier alpha value is -0.970. The molecule has 0 unspecified atom stereocenters. The van der Waals surface area contributed by atoms with E-state index in [2.05, 4.69) is 17.3 Å². The van der Waals surface area contributed by atoms with E-state index in [0.717, 1.165) is 18.7 Å². The van der Waals surface area contributed by atoms with Crippen molar-refractivity contribution in [3.63, 3.8) is 0 Å². The van der Waals surface area contributed by atoms with Gasteiger partial charge in [0.1, 0.15) is 6.54 Å². The standard InChI is InChI=1S/C11H19F2N3/c1-2-3-4-6-14-8-10-5-7-16(15-10)9-11(12)13/h5,7,11,14H,2-4,6,8-9H2,1H3. The van der Waals surface area contributed by atoms with Gasteiger partial charge in [0.25, 0.3) is 6.43 Å². The van der Waals surface area contributed by atoms with Gasteiger partial charge in [0.2, 0.25) is 0 Å². The number of hydrogen-bond donors (Lipinski definition) is 1. The molecule has 1 rings (SSSR count). The number of halogens is 2.